The largest absolute Gasteiger partial charge is 0.464 e. The van der Waals surface area contributed by atoms with Gasteiger partial charge in [-0.2, -0.15) is 0 Å². The van der Waals surface area contributed by atoms with Gasteiger partial charge in [0.15, 0.2) is 0 Å². The summed E-state index contributed by atoms with van der Waals surface area (Å²) in [6, 6.07) is 7.81. The van der Waals surface area contributed by atoms with Gasteiger partial charge in [-0.3, -0.25) is 0 Å². The maximum absolute atomic E-state index is 5.58. The fraction of sp³-hybridized carbons (Fsp3) is 0.273. The quantitative estimate of drug-likeness (QED) is 0.704. The zero-order valence-corrected chi connectivity index (χ0v) is 7.40. The average Bonchev–Trinajstić information content (AvgIpc) is 2.12. The maximum Gasteiger partial charge on any atom is 0.202 e. The fourth-order valence-electron chi connectivity index (χ4n) is 1.21. The Hall–Kier alpha value is -1.28. The van der Waals surface area contributed by atoms with Gasteiger partial charge in [-0.15, -0.1) is 0 Å². The summed E-state index contributed by atoms with van der Waals surface area (Å²) in [5, 5.41) is 0. The molecule has 1 unspecified atom stereocenters. The van der Waals surface area contributed by atoms with Gasteiger partial charge in [-0.05, 0) is 6.07 Å². The van der Waals surface area contributed by atoms with Crippen LogP contribution in [0.1, 0.15) is 12.0 Å². The molecule has 0 radical (unpaired) electrons. The van der Waals surface area contributed by atoms with E-state index in [-0.39, 0.29) is 6.29 Å². The van der Waals surface area contributed by atoms with E-state index in [0.29, 0.717) is 0 Å². The third kappa shape index (κ3) is 1.73. The first-order chi connectivity index (χ1) is 6.40. The van der Waals surface area contributed by atoms with Crippen LogP contribution in [0.2, 0.25) is 0 Å². The number of benzene rings is 1. The van der Waals surface area contributed by atoms with Gasteiger partial charge in [0.1, 0.15) is 5.75 Å². The summed E-state index contributed by atoms with van der Waals surface area (Å²) in [4.78, 5) is 0. The lowest BCUT2D eigenvalue weighted by Crippen LogP contribution is -2.32. The van der Waals surface area contributed by atoms with Crippen LogP contribution in [0.4, 0.5) is 0 Å². The van der Waals surface area contributed by atoms with Crippen LogP contribution in [0.3, 0.4) is 0 Å². The van der Waals surface area contributed by atoms with Crippen molar-refractivity contribution in [3.8, 4) is 5.75 Å². The number of rotatable bonds is 3. The number of para-hydroxylation sites is 1. The highest BCUT2D eigenvalue weighted by molar-refractivity contribution is 5.55. The van der Waals surface area contributed by atoms with Crippen molar-refractivity contribution in [2.24, 2.45) is 0 Å². The van der Waals surface area contributed by atoms with Gasteiger partial charge in [0.25, 0.3) is 0 Å². The van der Waals surface area contributed by atoms with Crippen LogP contribution in [-0.4, -0.2) is 12.9 Å². The lowest BCUT2D eigenvalue weighted by Gasteiger charge is -2.27. The molecule has 1 atom stereocenters. The Balaban J connectivity index is 2.12. The van der Waals surface area contributed by atoms with Gasteiger partial charge >= 0.3 is 0 Å². The molecule has 1 heterocycles. The second-order valence-corrected chi connectivity index (χ2v) is 2.95. The molecule has 0 bridgehead atoms. The Morgan fingerprint density at radius 3 is 2.85 bits per heavy atom. The SMILES string of the molecule is C=Cc1ccccc1OC1CCO1. The molecular weight excluding hydrogens is 164 g/mol. The number of hydrogen-bond donors (Lipinski definition) is 0. The minimum Gasteiger partial charge on any atom is -0.464 e. The van der Waals surface area contributed by atoms with E-state index in [1.165, 1.54) is 0 Å². The lowest BCUT2D eigenvalue weighted by molar-refractivity contribution is -0.165. The normalized spacial score (nSPS) is 20.5. The van der Waals surface area contributed by atoms with Crippen LogP contribution >= 0.6 is 0 Å². The Morgan fingerprint density at radius 2 is 2.23 bits per heavy atom. The molecule has 0 spiro atoms. The second kappa shape index (κ2) is 3.62. The van der Waals surface area contributed by atoms with Crippen LogP contribution in [-0.2, 0) is 4.74 Å². The van der Waals surface area contributed by atoms with Crippen molar-refractivity contribution >= 4 is 6.08 Å². The Kier molecular flexibility index (Phi) is 2.32. The summed E-state index contributed by atoms with van der Waals surface area (Å²) in [6.07, 6.45) is 2.71. The third-order valence-electron chi connectivity index (χ3n) is 2.05. The minimum atomic E-state index is -0.0545. The summed E-state index contributed by atoms with van der Waals surface area (Å²) in [7, 11) is 0. The maximum atomic E-state index is 5.58. The smallest absolute Gasteiger partial charge is 0.202 e. The van der Waals surface area contributed by atoms with Crippen molar-refractivity contribution < 1.29 is 9.47 Å². The van der Waals surface area contributed by atoms with Gasteiger partial charge in [0.2, 0.25) is 6.29 Å². The van der Waals surface area contributed by atoms with Crippen molar-refractivity contribution in [3.05, 3.63) is 36.4 Å². The van der Waals surface area contributed by atoms with Crippen molar-refractivity contribution in [2.45, 2.75) is 12.7 Å². The molecule has 1 fully saturated rings. The van der Waals surface area contributed by atoms with E-state index in [4.69, 9.17) is 9.47 Å². The molecule has 1 aliphatic rings. The van der Waals surface area contributed by atoms with E-state index in [2.05, 4.69) is 6.58 Å². The summed E-state index contributed by atoms with van der Waals surface area (Å²) >= 11 is 0. The summed E-state index contributed by atoms with van der Waals surface area (Å²) in [5.41, 5.74) is 1.01. The summed E-state index contributed by atoms with van der Waals surface area (Å²) in [5.74, 6) is 0.849. The first kappa shape index (κ1) is 8.32. The molecule has 0 aliphatic carbocycles. The predicted octanol–water partition coefficient (Wildman–Crippen LogP) is 2.45. The highest BCUT2D eigenvalue weighted by Crippen LogP contribution is 2.23. The average molecular weight is 176 g/mol. The van der Waals surface area contributed by atoms with E-state index in [1.54, 1.807) is 6.08 Å². The molecule has 2 nitrogen and oxygen atoms in total. The fourth-order valence-corrected chi connectivity index (χ4v) is 1.21. The Bertz CT molecular complexity index is 303. The van der Waals surface area contributed by atoms with Crippen LogP contribution in [0, 0.1) is 0 Å². The van der Waals surface area contributed by atoms with Gasteiger partial charge < -0.3 is 9.47 Å². The number of ether oxygens (including phenoxy) is 2. The zero-order valence-electron chi connectivity index (χ0n) is 7.40. The first-order valence-corrected chi connectivity index (χ1v) is 4.40. The van der Waals surface area contributed by atoms with Gasteiger partial charge in [0, 0.05) is 12.0 Å². The van der Waals surface area contributed by atoms with Crippen LogP contribution in [0.5, 0.6) is 5.75 Å². The Labute approximate surface area is 77.8 Å². The lowest BCUT2D eigenvalue weighted by atomic mass is 10.2. The van der Waals surface area contributed by atoms with E-state index in [9.17, 15) is 0 Å². The molecule has 68 valence electrons. The van der Waals surface area contributed by atoms with Crippen molar-refractivity contribution in [1.29, 1.82) is 0 Å². The predicted molar refractivity (Wildman–Crippen MR) is 51.5 cm³/mol. The van der Waals surface area contributed by atoms with E-state index in [1.807, 2.05) is 24.3 Å². The molecule has 0 saturated carbocycles. The van der Waals surface area contributed by atoms with Crippen molar-refractivity contribution in [1.82, 2.24) is 0 Å². The van der Waals surface area contributed by atoms with Gasteiger partial charge in [-0.1, -0.05) is 30.9 Å². The molecule has 1 aliphatic heterocycles. The van der Waals surface area contributed by atoms with Gasteiger partial charge in [0.05, 0.1) is 6.61 Å². The van der Waals surface area contributed by atoms with E-state index >= 15 is 0 Å². The van der Waals surface area contributed by atoms with Gasteiger partial charge in [-0.25, -0.2) is 0 Å². The summed E-state index contributed by atoms with van der Waals surface area (Å²) < 4.78 is 10.8. The molecule has 1 aromatic rings. The molecule has 1 saturated heterocycles. The minimum absolute atomic E-state index is 0.0545. The van der Waals surface area contributed by atoms with Crippen molar-refractivity contribution in [2.75, 3.05) is 6.61 Å². The molecule has 13 heavy (non-hydrogen) atoms. The third-order valence-corrected chi connectivity index (χ3v) is 2.05. The standard InChI is InChI=1S/C11H12O2/c1-2-9-5-3-4-6-10(9)13-11-7-8-12-11/h2-6,11H,1,7-8H2. The van der Waals surface area contributed by atoms with E-state index < -0.39 is 0 Å². The van der Waals surface area contributed by atoms with E-state index in [0.717, 1.165) is 24.3 Å². The molecule has 0 aromatic heterocycles. The van der Waals surface area contributed by atoms with Crippen LogP contribution in [0.15, 0.2) is 30.8 Å². The zero-order chi connectivity index (χ0) is 9.10. The molecule has 0 amide bonds. The molecule has 0 N–H and O–H groups in total. The highest BCUT2D eigenvalue weighted by Gasteiger charge is 2.20. The van der Waals surface area contributed by atoms with Crippen LogP contribution in [0.25, 0.3) is 6.08 Å². The van der Waals surface area contributed by atoms with Crippen molar-refractivity contribution in [3.63, 3.8) is 0 Å². The number of hydrogen-bond acceptors (Lipinski definition) is 2. The molecule has 2 rings (SSSR count). The topological polar surface area (TPSA) is 18.5 Å². The monoisotopic (exact) mass is 176 g/mol. The second-order valence-electron chi connectivity index (χ2n) is 2.95. The first-order valence-electron chi connectivity index (χ1n) is 4.40. The molecule has 1 aromatic carbocycles. The summed E-state index contributed by atoms with van der Waals surface area (Å²) in [6.45, 7) is 4.53. The Morgan fingerprint density at radius 1 is 1.46 bits per heavy atom. The van der Waals surface area contributed by atoms with Crippen LogP contribution < -0.4 is 4.74 Å². The molecular formula is C11H12O2. The molecule has 2 heteroatoms. The highest BCUT2D eigenvalue weighted by atomic mass is 16.7.